The van der Waals surface area contributed by atoms with E-state index in [0.717, 1.165) is 41.0 Å². The lowest BCUT2D eigenvalue weighted by atomic mass is 9.95. The van der Waals surface area contributed by atoms with Gasteiger partial charge in [0.1, 0.15) is 17.4 Å². The van der Waals surface area contributed by atoms with Crippen molar-refractivity contribution in [1.29, 1.82) is 0 Å². The van der Waals surface area contributed by atoms with Crippen molar-refractivity contribution in [3.05, 3.63) is 83.7 Å². The number of furan rings is 1. The molecule has 1 amide bonds. The smallest absolute Gasteiger partial charge is 0.312 e. The van der Waals surface area contributed by atoms with Gasteiger partial charge in [-0.15, -0.1) is 10.2 Å². The van der Waals surface area contributed by atoms with Crippen LogP contribution in [-0.2, 0) is 6.42 Å². The van der Waals surface area contributed by atoms with Gasteiger partial charge in [-0.2, -0.15) is 0 Å². The van der Waals surface area contributed by atoms with Crippen LogP contribution in [0.3, 0.4) is 0 Å². The molecule has 1 aliphatic heterocycles. The predicted molar refractivity (Wildman–Crippen MR) is 121 cm³/mol. The second kappa shape index (κ2) is 7.38. The molecule has 4 aromatic heterocycles. The first-order chi connectivity index (χ1) is 16.8. The number of benzene rings is 1. The highest BCUT2D eigenvalue weighted by atomic mass is 16.4. The van der Waals surface area contributed by atoms with Crippen molar-refractivity contribution in [2.24, 2.45) is 0 Å². The van der Waals surface area contributed by atoms with Gasteiger partial charge in [-0.3, -0.25) is 9.78 Å². The Hall–Kier alpha value is -4.27. The topological polar surface area (TPSA) is 114 Å². The van der Waals surface area contributed by atoms with Gasteiger partial charge >= 0.3 is 11.8 Å². The fraction of sp³-hybridized carbons (Fsp3) is 0.240. The van der Waals surface area contributed by atoms with Crippen molar-refractivity contribution in [3.63, 3.8) is 0 Å². The van der Waals surface area contributed by atoms with Crippen LogP contribution in [0.25, 0.3) is 22.4 Å². The summed E-state index contributed by atoms with van der Waals surface area (Å²) in [5, 5.41) is 9.24. The Morgan fingerprint density at radius 1 is 1.09 bits per heavy atom. The van der Waals surface area contributed by atoms with E-state index in [9.17, 15) is 4.79 Å². The minimum Gasteiger partial charge on any atom is -0.458 e. The summed E-state index contributed by atoms with van der Waals surface area (Å²) in [5.74, 6) is 1.06. The molecule has 2 aliphatic rings. The lowest BCUT2D eigenvalue weighted by molar-refractivity contribution is 0.0631. The Labute approximate surface area is 193 Å². The first-order valence-electron chi connectivity index (χ1n) is 11.4. The number of rotatable bonds is 4. The number of imidazole rings is 1. The fourth-order valence-electron chi connectivity index (χ4n) is 4.88. The van der Waals surface area contributed by atoms with Gasteiger partial charge in [-0.1, -0.05) is 18.2 Å². The number of carbonyl (C=O) groups is 1. The molecule has 5 heterocycles. The minimum atomic E-state index is -0.473. The number of carbonyl (C=O) groups excluding carboxylic acids is 1. The molecule has 7 rings (SSSR count). The number of aromatic amines is 1. The summed E-state index contributed by atoms with van der Waals surface area (Å²) in [6.45, 7) is 0.477. The maximum atomic E-state index is 13.7. The Balaban J connectivity index is 1.34. The SMILES string of the molecule is O=C(c1nnc(-c2cccnc2)o1)N1CCc2[nH]cnc2[C@@H]1c1oc2ccccc2c1C1CC1. The Morgan fingerprint density at radius 2 is 2.00 bits per heavy atom. The number of hydrogen-bond donors (Lipinski definition) is 1. The van der Waals surface area contributed by atoms with Crippen LogP contribution in [0.15, 0.2) is 64.0 Å². The lowest BCUT2D eigenvalue weighted by Crippen LogP contribution is -2.41. The highest BCUT2D eigenvalue weighted by Crippen LogP contribution is 2.50. The van der Waals surface area contributed by atoms with Gasteiger partial charge in [0.05, 0.1) is 17.6 Å². The van der Waals surface area contributed by atoms with E-state index in [0.29, 0.717) is 24.4 Å². The van der Waals surface area contributed by atoms with Crippen LogP contribution in [0.1, 0.15) is 58.2 Å². The maximum absolute atomic E-state index is 13.7. The Bertz CT molecular complexity index is 1510. The molecular formula is C25H20N6O3. The van der Waals surface area contributed by atoms with E-state index in [4.69, 9.17) is 8.83 Å². The number of nitrogens with one attached hydrogen (secondary N) is 1. The number of H-pyrrole nitrogens is 1. The van der Waals surface area contributed by atoms with Crippen LogP contribution in [0, 0.1) is 0 Å². The number of amides is 1. The van der Waals surface area contributed by atoms with Crippen molar-refractivity contribution < 1.29 is 13.6 Å². The summed E-state index contributed by atoms with van der Waals surface area (Å²) < 4.78 is 12.2. The van der Waals surface area contributed by atoms with Gasteiger partial charge in [0, 0.05) is 42.0 Å². The van der Waals surface area contributed by atoms with Crippen LogP contribution in [0.4, 0.5) is 0 Å². The molecule has 1 aromatic carbocycles. The molecule has 0 unspecified atom stereocenters. The summed E-state index contributed by atoms with van der Waals surface area (Å²) >= 11 is 0. The summed E-state index contributed by atoms with van der Waals surface area (Å²) in [6.07, 6.45) is 7.85. The third kappa shape index (κ3) is 2.97. The van der Waals surface area contributed by atoms with Crippen molar-refractivity contribution in [2.45, 2.75) is 31.2 Å². The number of hydrogen-bond acceptors (Lipinski definition) is 7. The molecule has 0 radical (unpaired) electrons. The molecule has 0 saturated heterocycles. The number of aromatic nitrogens is 5. The molecule has 168 valence electrons. The van der Waals surface area contributed by atoms with E-state index in [1.165, 1.54) is 5.56 Å². The molecule has 0 spiro atoms. The van der Waals surface area contributed by atoms with E-state index in [1.807, 2.05) is 24.3 Å². The van der Waals surface area contributed by atoms with Crippen LogP contribution in [0.2, 0.25) is 0 Å². The number of fused-ring (bicyclic) bond motifs is 2. The molecule has 5 aromatic rings. The largest absolute Gasteiger partial charge is 0.458 e. The lowest BCUT2D eigenvalue weighted by Gasteiger charge is -2.33. The normalized spacial score (nSPS) is 17.8. The highest BCUT2D eigenvalue weighted by molar-refractivity contribution is 5.91. The zero-order valence-electron chi connectivity index (χ0n) is 18.1. The van der Waals surface area contributed by atoms with Crippen molar-refractivity contribution in [1.82, 2.24) is 30.0 Å². The van der Waals surface area contributed by atoms with Gasteiger partial charge in [0.2, 0.25) is 5.89 Å². The Kier molecular flexibility index (Phi) is 4.17. The van der Waals surface area contributed by atoms with Crippen molar-refractivity contribution in [2.75, 3.05) is 6.54 Å². The first-order valence-corrected chi connectivity index (χ1v) is 11.4. The summed E-state index contributed by atoms with van der Waals surface area (Å²) in [4.78, 5) is 27.4. The van der Waals surface area contributed by atoms with Crippen LogP contribution in [-0.4, -0.2) is 42.5 Å². The van der Waals surface area contributed by atoms with Crippen LogP contribution >= 0.6 is 0 Å². The van der Waals surface area contributed by atoms with Gasteiger partial charge < -0.3 is 18.7 Å². The van der Waals surface area contributed by atoms with E-state index < -0.39 is 6.04 Å². The van der Waals surface area contributed by atoms with E-state index in [1.54, 1.807) is 29.7 Å². The molecule has 1 fully saturated rings. The van der Waals surface area contributed by atoms with Gasteiger partial charge in [-0.05, 0) is 37.0 Å². The predicted octanol–water partition coefficient (Wildman–Crippen LogP) is 4.27. The summed E-state index contributed by atoms with van der Waals surface area (Å²) in [7, 11) is 0. The highest BCUT2D eigenvalue weighted by Gasteiger charge is 2.42. The molecule has 1 aliphatic carbocycles. The third-order valence-electron chi connectivity index (χ3n) is 6.60. The van der Waals surface area contributed by atoms with Crippen molar-refractivity contribution >= 4 is 16.9 Å². The average molecular weight is 452 g/mol. The standard InChI is InChI=1S/C25H20N6O3/c32-25(24-30-29-23(34-24)15-4-3-10-26-12-15)31-11-9-17-20(28-13-27-17)21(31)22-19(14-7-8-14)16-5-1-2-6-18(16)33-22/h1-6,10,12-14,21H,7-9,11H2,(H,27,28)/t21-/m1/s1. The zero-order valence-corrected chi connectivity index (χ0v) is 18.1. The van der Waals surface area contributed by atoms with Gasteiger partial charge in [0.25, 0.3) is 0 Å². The van der Waals surface area contributed by atoms with E-state index >= 15 is 0 Å². The van der Waals surface area contributed by atoms with E-state index in [-0.39, 0.29) is 17.7 Å². The molecule has 1 saturated carbocycles. The average Bonchev–Trinajstić information content (AvgIpc) is 3.27. The molecule has 1 N–H and O–H groups in total. The molecule has 0 bridgehead atoms. The molecule has 1 atom stereocenters. The van der Waals surface area contributed by atoms with Gasteiger partial charge in [-0.25, -0.2) is 4.98 Å². The Morgan fingerprint density at radius 3 is 2.85 bits per heavy atom. The first kappa shape index (κ1) is 19.2. The van der Waals surface area contributed by atoms with Crippen LogP contribution in [0.5, 0.6) is 0 Å². The fourth-order valence-corrected chi connectivity index (χ4v) is 4.88. The molecule has 34 heavy (non-hydrogen) atoms. The second-order valence-corrected chi connectivity index (χ2v) is 8.72. The summed E-state index contributed by atoms with van der Waals surface area (Å²) in [6, 6.07) is 11.2. The second-order valence-electron chi connectivity index (χ2n) is 8.72. The van der Waals surface area contributed by atoms with Crippen molar-refractivity contribution in [3.8, 4) is 11.5 Å². The monoisotopic (exact) mass is 452 g/mol. The number of nitrogens with zero attached hydrogens (tertiary/aromatic N) is 5. The van der Waals surface area contributed by atoms with Crippen LogP contribution < -0.4 is 0 Å². The third-order valence-corrected chi connectivity index (χ3v) is 6.60. The molecular weight excluding hydrogens is 432 g/mol. The number of pyridine rings is 1. The maximum Gasteiger partial charge on any atom is 0.312 e. The molecule has 9 heteroatoms. The number of para-hydroxylation sites is 1. The summed E-state index contributed by atoms with van der Waals surface area (Å²) in [5.41, 5.74) is 4.47. The minimum absolute atomic E-state index is 0.0630. The quantitative estimate of drug-likeness (QED) is 0.433. The van der Waals surface area contributed by atoms with E-state index in [2.05, 4.69) is 31.2 Å². The zero-order chi connectivity index (χ0) is 22.6. The van der Waals surface area contributed by atoms with Gasteiger partial charge in [0.15, 0.2) is 0 Å². The molecule has 9 nitrogen and oxygen atoms in total.